The van der Waals surface area contributed by atoms with E-state index in [1.54, 1.807) is 13.4 Å². The van der Waals surface area contributed by atoms with Crippen LogP contribution in [0, 0.1) is 0 Å². The molecule has 0 bridgehead atoms. The lowest BCUT2D eigenvalue weighted by molar-refractivity contribution is -0.120. The minimum Gasteiger partial charge on any atom is -0.497 e. The van der Waals surface area contributed by atoms with E-state index in [-0.39, 0.29) is 11.2 Å². The number of rotatable bonds is 10. The number of aromatic nitrogens is 3. The molecule has 29 heavy (non-hydrogen) atoms. The summed E-state index contributed by atoms with van der Waals surface area (Å²) in [5, 5.41) is 12.1. The molecule has 1 amide bonds. The molecule has 0 saturated heterocycles. The summed E-state index contributed by atoms with van der Waals surface area (Å²) in [6, 6.07) is 11.4. The SMILES string of the molecule is CCCCNC(=O)C(C)Sc1nnc(-c2ccc(OC)cc2)n1Cc1ccco1. The summed E-state index contributed by atoms with van der Waals surface area (Å²) in [5.41, 5.74) is 0.914. The first-order valence-corrected chi connectivity index (χ1v) is 10.5. The number of carbonyl (C=O) groups excluding carboxylic acids is 1. The van der Waals surface area contributed by atoms with Crippen LogP contribution in [0.25, 0.3) is 11.4 Å². The van der Waals surface area contributed by atoms with Gasteiger partial charge in [0.1, 0.15) is 11.5 Å². The molecule has 8 heteroatoms. The maximum Gasteiger partial charge on any atom is 0.233 e. The van der Waals surface area contributed by atoms with E-state index in [0.29, 0.717) is 24.1 Å². The Hall–Kier alpha value is -2.74. The average Bonchev–Trinajstić information content (AvgIpc) is 3.39. The third-order valence-electron chi connectivity index (χ3n) is 4.44. The van der Waals surface area contributed by atoms with Crippen LogP contribution in [0.3, 0.4) is 0 Å². The fourth-order valence-electron chi connectivity index (χ4n) is 2.77. The van der Waals surface area contributed by atoms with Crippen LogP contribution in [0.4, 0.5) is 0 Å². The summed E-state index contributed by atoms with van der Waals surface area (Å²) in [5.74, 6) is 2.28. The van der Waals surface area contributed by atoms with Gasteiger partial charge < -0.3 is 14.5 Å². The molecule has 7 nitrogen and oxygen atoms in total. The van der Waals surface area contributed by atoms with Gasteiger partial charge in [0, 0.05) is 12.1 Å². The minimum absolute atomic E-state index is 0.00185. The molecule has 0 aliphatic rings. The van der Waals surface area contributed by atoms with Crippen molar-refractivity contribution in [1.82, 2.24) is 20.1 Å². The number of carbonyl (C=O) groups is 1. The van der Waals surface area contributed by atoms with Gasteiger partial charge in [0.15, 0.2) is 11.0 Å². The van der Waals surface area contributed by atoms with E-state index < -0.39 is 0 Å². The number of methoxy groups -OCH3 is 1. The van der Waals surface area contributed by atoms with Crippen LogP contribution >= 0.6 is 11.8 Å². The van der Waals surface area contributed by atoms with Crippen molar-refractivity contribution in [2.45, 2.75) is 43.6 Å². The molecule has 1 aromatic carbocycles. The third kappa shape index (κ3) is 5.41. The van der Waals surface area contributed by atoms with Crippen LogP contribution in [0.15, 0.2) is 52.2 Å². The van der Waals surface area contributed by atoms with Crippen molar-refractivity contribution in [2.75, 3.05) is 13.7 Å². The Morgan fingerprint density at radius 2 is 2.07 bits per heavy atom. The number of thioether (sulfide) groups is 1. The largest absolute Gasteiger partial charge is 0.497 e. The van der Waals surface area contributed by atoms with E-state index in [1.807, 2.05) is 47.9 Å². The number of nitrogens with one attached hydrogen (secondary N) is 1. The van der Waals surface area contributed by atoms with Crippen molar-refractivity contribution in [3.8, 4) is 17.1 Å². The number of hydrogen-bond donors (Lipinski definition) is 1. The predicted octanol–water partition coefficient (Wildman–Crippen LogP) is 3.99. The van der Waals surface area contributed by atoms with E-state index in [4.69, 9.17) is 9.15 Å². The Balaban J connectivity index is 1.84. The first-order valence-electron chi connectivity index (χ1n) is 9.66. The molecule has 3 aromatic rings. The van der Waals surface area contributed by atoms with Crippen LogP contribution < -0.4 is 10.1 Å². The average molecular weight is 415 g/mol. The first-order chi connectivity index (χ1) is 14.1. The second kappa shape index (κ2) is 10.2. The van der Waals surface area contributed by atoms with E-state index >= 15 is 0 Å². The molecule has 0 radical (unpaired) electrons. The van der Waals surface area contributed by atoms with Gasteiger partial charge >= 0.3 is 0 Å². The van der Waals surface area contributed by atoms with E-state index in [0.717, 1.165) is 29.9 Å². The number of furan rings is 1. The normalized spacial score (nSPS) is 12.0. The topological polar surface area (TPSA) is 82.2 Å². The van der Waals surface area contributed by atoms with Gasteiger partial charge in [-0.1, -0.05) is 25.1 Å². The molecular weight excluding hydrogens is 388 g/mol. The summed E-state index contributed by atoms with van der Waals surface area (Å²) >= 11 is 1.39. The molecule has 1 N–H and O–H groups in total. The van der Waals surface area contributed by atoms with Gasteiger partial charge in [0.05, 0.1) is 25.2 Å². The molecule has 0 aliphatic heterocycles. The molecule has 1 atom stereocenters. The highest BCUT2D eigenvalue weighted by atomic mass is 32.2. The summed E-state index contributed by atoms with van der Waals surface area (Å²) in [6.45, 7) is 5.15. The molecular formula is C21H26N4O3S. The zero-order valence-corrected chi connectivity index (χ0v) is 17.7. The van der Waals surface area contributed by atoms with Crippen molar-refractivity contribution in [3.05, 3.63) is 48.4 Å². The highest BCUT2D eigenvalue weighted by molar-refractivity contribution is 8.00. The van der Waals surface area contributed by atoms with Crippen LogP contribution in [-0.2, 0) is 11.3 Å². The lowest BCUT2D eigenvalue weighted by Crippen LogP contribution is -2.31. The fourth-order valence-corrected chi connectivity index (χ4v) is 3.65. The lowest BCUT2D eigenvalue weighted by Gasteiger charge is -2.13. The smallest absolute Gasteiger partial charge is 0.233 e. The van der Waals surface area contributed by atoms with Gasteiger partial charge in [-0.2, -0.15) is 0 Å². The zero-order chi connectivity index (χ0) is 20.6. The molecule has 0 saturated carbocycles. The molecule has 154 valence electrons. The number of ether oxygens (including phenoxy) is 1. The Labute approximate surface area is 174 Å². The molecule has 0 fully saturated rings. The Morgan fingerprint density at radius 3 is 2.72 bits per heavy atom. The molecule has 1 unspecified atom stereocenters. The van der Waals surface area contributed by atoms with Gasteiger partial charge in [-0.05, 0) is 49.7 Å². The van der Waals surface area contributed by atoms with Gasteiger partial charge in [-0.25, -0.2) is 0 Å². The van der Waals surface area contributed by atoms with Crippen LogP contribution in [-0.4, -0.2) is 39.6 Å². The van der Waals surface area contributed by atoms with Gasteiger partial charge in [0.25, 0.3) is 0 Å². The first kappa shape index (κ1) is 21.0. The van der Waals surface area contributed by atoms with E-state index in [2.05, 4.69) is 22.4 Å². The maximum absolute atomic E-state index is 12.4. The second-order valence-corrected chi connectivity index (χ2v) is 7.91. The van der Waals surface area contributed by atoms with Crippen molar-refractivity contribution >= 4 is 17.7 Å². The van der Waals surface area contributed by atoms with E-state index in [1.165, 1.54) is 11.8 Å². The third-order valence-corrected chi connectivity index (χ3v) is 5.52. The summed E-state index contributed by atoms with van der Waals surface area (Å²) < 4.78 is 12.7. The number of nitrogens with zero attached hydrogens (tertiary/aromatic N) is 3. The van der Waals surface area contributed by atoms with Crippen molar-refractivity contribution in [3.63, 3.8) is 0 Å². The molecule has 3 rings (SSSR count). The molecule has 2 heterocycles. The Morgan fingerprint density at radius 1 is 1.28 bits per heavy atom. The predicted molar refractivity (Wildman–Crippen MR) is 113 cm³/mol. The van der Waals surface area contributed by atoms with Crippen molar-refractivity contribution < 1.29 is 13.9 Å². The summed E-state index contributed by atoms with van der Waals surface area (Å²) in [6.07, 6.45) is 3.66. The standard InChI is InChI=1S/C21H26N4O3S/c1-4-5-12-22-20(26)15(2)29-21-24-23-19(16-8-10-17(27-3)11-9-16)25(21)14-18-7-6-13-28-18/h6-11,13,15H,4-5,12,14H2,1-3H3,(H,22,26). The maximum atomic E-state index is 12.4. The quantitative estimate of drug-likeness (QED) is 0.399. The number of amides is 1. The highest BCUT2D eigenvalue weighted by Gasteiger charge is 2.21. The number of unbranched alkanes of at least 4 members (excludes halogenated alkanes) is 1. The Kier molecular flexibility index (Phi) is 7.35. The lowest BCUT2D eigenvalue weighted by atomic mass is 10.2. The van der Waals surface area contributed by atoms with Crippen molar-refractivity contribution in [2.24, 2.45) is 0 Å². The van der Waals surface area contributed by atoms with Gasteiger partial charge in [-0.3, -0.25) is 9.36 Å². The molecule has 0 aliphatic carbocycles. The number of hydrogen-bond acceptors (Lipinski definition) is 6. The van der Waals surface area contributed by atoms with Gasteiger partial charge in [-0.15, -0.1) is 10.2 Å². The van der Waals surface area contributed by atoms with Crippen LogP contribution in [0.1, 0.15) is 32.4 Å². The summed E-state index contributed by atoms with van der Waals surface area (Å²) in [7, 11) is 1.64. The monoisotopic (exact) mass is 414 g/mol. The fraction of sp³-hybridized carbons (Fsp3) is 0.381. The minimum atomic E-state index is -0.282. The molecule has 2 aromatic heterocycles. The highest BCUT2D eigenvalue weighted by Crippen LogP contribution is 2.29. The van der Waals surface area contributed by atoms with Crippen molar-refractivity contribution in [1.29, 1.82) is 0 Å². The molecule has 0 spiro atoms. The number of benzene rings is 1. The summed E-state index contributed by atoms with van der Waals surface area (Å²) in [4.78, 5) is 12.4. The second-order valence-electron chi connectivity index (χ2n) is 6.60. The van der Waals surface area contributed by atoms with Gasteiger partial charge in [0.2, 0.25) is 5.91 Å². The van der Waals surface area contributed by atoms with Crippen LogP contribution in [0.5, 0.6) is 5.75 Å². The van der Waals surface area contributed by atoms with Crippen LogP contribution in [0.2, 0.25) is 0 Å². The Bertz CT molecular complexity index is 907. The zero-order valence-electron chi connectivity index (χ0n) is 16.9. The van der Waals surface area contributed by atoms with E-state index in [9.17, 15) is 4.79 Å².